The first-order valence-electron chi connectivity index (χ1n) is 10.9. The number of anilines is 1. The third-order valence-corrected chi connectivity index (χ3v) is 6.28. The molecule has 0 aliphatic carbocycles. The van der Waals surface area contributed by atoms with Crippen molar-refractivity contribution in [3.8, 4) is 5.75 Å². The van der Waals surface area contributed by atoms with Crippen molar-refractivity contribution in [3.05, 3.63) is 107 Å². The first kappa shape index (κ1) is 21.5. The number of furan rings is 1. The van der Waals surface area contributed by atoms with E-state index in [1.165, 1.54) is 4.90 Å². The Morgan fingerprint density at radius 1 is 0.971 bits per heavy atom. The number of ether oxygens (including phenoxy) is 1. The third kappa shape index (κ3) is 3.44. The molecule has 0 radical (unpaired) electrons. The number of fused-ring (bicyclic) bond motifs is 1. The molecule has 0 saturated heterocycles. The second-order valence-corrected chi connectivity index (χ2v) is 8.36. The fourth-order valence-corrected chi connectivity index (χ4v) is 4.33. The summed E-state index contributed by atoms with van der Waals surface area (Å²) in [6, 6.07) is 20.8. The molecule has 1 atom stereocenters. The summed E-state index contributed by atoms with van der Waals surface area (Å²) in [5.74, 6) is -1.13. The molecule has 0 spiro atoms. The number of amides is 1. The smallest absolute Gasteiger partial charge is 0.294 e. The molecule has 4 aromatic rings. The van der Waals surface area contributed by atoms with Gasteiger partial charge in [-0.2, -0.15) is 0 Å². The van der Waals surface area contributed by atoms with Crippen LogP contribution in [0.5, 0.6) is 5.75 Å². The van der Waals surface area contributed by atoms with Gasteiger partial charge in [0.15, 0.2) is 11.5 Å². The predicted molar refractivity (Wildman–Crippen MR) is 129 cm³/mol. The molecular weight excluding hydrogens is 430 g/mol. The van der Waals surface area contributed by atoms with Gasteiger partial charge in [-0.05, 0) is 66.9 Å². The standard InChI is InChI=1S/C28H23NO5/c1-16-11-12-20(13-17(16)2)29-25(19-8-6-9-21(14-19)33-3)24(27(31)28(29)32)26(30)23-15-18-7-4-5-10-22(18)34-23/h4-15,25,31H,1-3H3. The topological polar surface area (TPSA) is 80.0 Å². The van der Waals surface area contributed by atoms with E-state index < -0.39 is 23.5 Å². The molecule has 1 amide bonds. The molecule has 1 unspecified atom stereocenters. The van der Waals surface area contributed by atoms with Gasteiger partial charge in [0, 0.05) is 11.1 Å². The molecule has 2 heterocycles. The van der Waals surface area contributed by atoms with Crippen molar-refractivity contribution in [1.82, 2.24) is 0 Å². The summed E-state index contributed by atoms with van der Waals surface area (Å²) in [5, 5.41) is 11.7. The fraction of sp³-hybridized carbons (Fsp3) is 0.143. The quantitative estimate of drug-likeness (QED) is 0.384. The van der Waals surface area contributed by atoms with E-state index >= 15 is 0 Å². The number of nitrogens with zero attached hydrogens (tertiary/aromatic N) is 1. The molecule has 0 bridgehead atoms. The highest BCUT2D eigenvalue weighted by molar-refractivity contribution is 6.20. The molecule has 1 aliphatic rings. The summed E-state index contributed by atoms with van der Waals surface area (Å²) in [7, 11) is 1.55. The maximum Gasteiger partial charge on any atom is 0.294 e. The van der Waals surface area contributed by atoms with Crippen LogP contribution in [0, 0.1) is 13.8 Å². The highest BCUT2D eigenvalue weighted by Crippen LogP contribution is 2.43. The number of carbonyl (C=O) groups is 2. The van der Waals surface area contributed by atoms with E-state index in [1.807, 2.05) is 50.2 Å². The van der Waals surface area contributed by atoms with E-state index in [-0.39, 0.29) is 11.3 Å². The summed E-state index contributed by atoms with van der Waals surface area (Å²) < 4.78 is 11.2. The number of hydrogen-bond donors (Lipinski definition) is 1. The number of aliphatic hydroxyl groups is 1. The van der Waals surface area contributed by atoms with Gasteiger partial charge in [-0.3, -0.25) is 14.5 Å². The van der Waals surface area contributed by atoms with Crippen molar-refractivity contribution >= 4 is 28.3 Å². The van der Waals surface area contributed by atoms with Crippen molar-refractivity contribution < 1.29 is 23.8 Å². The lowest BCUT2D eigenvalue weighted by molar-refractivity contribution is -0.117. The minimum absolute atomic E-state index is 0.0319. The van der Waals surface area contributed by atoms with Gasteiger partial charge in [-0.1, -0.05) is 36.4 Å². The number of aryl methyl sites for hydroxylation is 2. The highest BCUT2D eigenvalue weighted by atomic mass is 16.5. The van der Waals surface area contributed by atoms with Crippen molar-refractivity contribution in [2.75, 3.05) is 12.0 Å². The average molecular weight is 453 g/mol. The van der Waals surface area contributed by atoms with E-state index in [4.69, 9.17) is 9.15 Å². The number of ketones is 1. The Kier molecular flexibility index (Phi) is 5.21. The van der Waals surface area contributed by atoms with Gasteiger partial charge in [0.1, 0.15) is 11.3 Å². The zero-order valence-electron chi connectivity index (χ0n) is 19.0. The molecule has 1 N–H and O–H groups in total. The Balaban J connectivity index is 1.68. The zero-order chi connectivity index (χ0) is 24.0. The SMILES string of the molecule is COc1cccc(C2C(C(=O)c3cc4ccccc4o3)=C(O)C(=O)N2c2ccc(C)c(C)c2)c1. The van der Waals surface area contributed by atoms with Crippen molar-refractivity contribution in [2.45, 2.75) is 19.9 Å². The second kappa shape index (κ2) is 8.23. The number of Topliss-reactive ketones (excluding diaryl/α,β-unsaturated/α-hetero) is 1. The number of benzene rings is 3. The van der Waals surface area contributed by atoms with Crippen LogP contribution in [0.1, 0.15) is 33.3 Å². The molecule has 170 valence electrons. The van der Waals surface area contributed by atoms with Gasteiger partial charge < -0.3 is 14.3 Å². The summed E-state index contributed by atoms with van der Waals surface area (Å²) in [6.45, 7) is 3.93. The van der Waals surface area contributed by atoms with Crippen LogP contribution in [0.3, 0.4) is 0 Å². The van der Waals surface area contributed by atoms with Gasteiger partial charge >= 0.3 is 0 Å². The lowest BCUT2D eigenvalue weighted by Crippen LogP contribution is -2.31. The lowest BCUT2D eigenvalue weighted by atomic mass is 9.94. The van der Waals surface area contributed by atoms with Crippen LogP contribution in [-0.2, 0) is 4.79 Å². The van der Waals surface area contributed by atoms with E-state index in [1.54, 1.807) is 43.5 Å². The maximum atomic E-state index is 13.7. The van der Waals surface area contributed by atoms with Crippen LogP contribution in [-0.4, -0.2) is 23.9 Å². The van der Waals surface area contributed by atoms with Crippen molar-refractivity contribution in [1.29, 1.82) is 0 Å². The second-order valence-electron chi connectivity index (χ2n) is 8.36. The summed E-state index contributed by atoms with van der Waals surface area (Å²) >= 11 is 0. The Labute approximate surface area is 196 Å². The van der Waals surface area contributed by atoms with E-state index in [9.17, 15) is 14.7 Å². The predicted octanol–water partition coefficient (Wildman–Crippen LogP) is 5.84. The largest absolute Gasteiger partial charge is 0.503 e. The zero-order valence-corrected chi connectivity index (χ0v) is 19.0. The van der Waals surface area contributed by atoms with Gasteiger partial charge in [-0.25, -0.2) is 0 Å². The molecule has 6 heteroatoms. The molecule has 6 nitrogen and oxygen atoms in total. The number of carbonyl (C=O) groups excluding carboxylic acids is 2. The molecule has 5 rings (SSSR count). The number of para-hydroxylation sites is 1. The summed E-state index contributed by atoms with van der Waals surface area (Å²) in [6.07, 6.45) is 0. The molecule has 0 saturated carbocycles. The molecule has 3 aromatic carbocycles. The van der Waals surface area contributed by atoms with Crippen LogP contribution < -0.4 is 9.64 Å². The van der Waals surface area contributed by atoms with E-state index in [2.05, 4.69) is 0 Å². The average Bonchev–Trinajstić information content (AvgIpc) is 3.40. The van der Waals surface area contributed by atoms with Gasteiger partial charge in [0.05, 0.1) is 18.7 Å². The van der Waals surface area contributed by atoms with Crippen LogP contribution >= 0.6 is 0 Å². The number of aliphatic hydroxyl groups excluding tert-OH is 1. The molecule has 1 aliphatic heterocycles. The van der Waals surface area contributed by atoms with Gasteiger partial charge in [0.2, 0.25) is 5.78 Å². The molecule has 1 aromatic heterocycles. The Bertz CT molecular complexity index is 1450. The minimum Gasteiger partial charge on any atom is -0.503 e. The number of rotatable bonds is 5. The molecular formula is C28H23NO5. The minimum atomic E-state index is -0.856. The van der Waals surface area contributed by atoms with Crippen molar-refractivity contribution in [2.24, 2.45) is 0 Å². The van der Waals surface area contributed by atoms with Crippen LogP contribution in [0.4, 0.5) is 5.69 Å². The number of methoxy groups -OCH3 is 1. The van der Waals surface area contributed by atoms with Crippen LogP contribution in [0.2, 0.25) is 0 Å². The highest BCUT2D eigenvalue weighted by Gasteiger charge is 2.45. The first-order chi connectivity index (χ1) is 16.4. The third-order valence-electron chi connectivity index (χ3n) is 6.28. The van der Waals surface area contributed by atoms with Crippen LogP contribution in [0.15, 0.2) is 88.5 Å². The summed E-state index contributed by atoms with van der Waals surface area (Å²) in [4.78, 5) is 28.5. The normalized spacial score (nSPS) is 15.9. The maximum absolute atomic E-state index is 13.7. The summed E-state index contributed by atoms with van der Waals surface area (Å²) in [5.41, 5.74) is 3.80. The lowest BCUT2D eigenvalue weighted by Gasteiger charge is -2.27. The van der Waals surface area contributed by atoms with Crippen LogP contribution in [0.25, 0.3) is 11.0 Å². The molecule has 34 heavy (non-hydrogen) atoms. The molecule has 0 fully saturated rings. The van der Waals surface area contributed by atoms with E-state index in [0.717, 1.165) is 16.5 Å². The first-order valence-corrected chi connectivity index (χ1v) is 10.9. The van der Waals surface area contributed by atoms with Gasteiger partial charge in [0.25, 0.3) is 5.91 Å². The Morgan fingerprint density at radius 2 is 1.76 bits per heavy atom. The number of hydrogen-bond acceptors (Lipinski definition) is 5. The Morgan fingerprint density at radius 3 is 2.50 bits per heavy atom. The fourth-order valence-electron chi connectivity index (χ4n) is 4.33. The Hall–Kier alpha value is -4.32. The van der Waals surface area contributed by atoms with Crippen molar-refractivity contribution in [3.63, 3.8) is 0 Å². The van der Waals surface area contributed by atoms with Gasteiger partial charge in [-0.15, -0.1) is 0 Å². The monoisotopic (exact) mass is 453 g/mol. The van der Waals surface area contributed by atoms with E-state index in [0.29, 0.717) is 22.6 Å².